The van der Waals surface area contributed by atoms with Crippen LogP contribution in [-0.4, -0.2) is 24.5 Å². The van der Waals surface area contributed by atoms with Crippen LogP contribution in [0.15, 0.2) is 24.3 Å². The minimum absolute atomic E-state index is 0.180. The van der Waals surface area contributed by atoms with Crippen molar-refractivity contribution in [2.75, 3.05) is 6.54 Å². The second-order valence-corrected chi connectivity index (χ2v) is 6.11. The molecular weight excluding hydrogens is 248 g/mol. The Morgan fingerprint density at radius 2 is 2.20 bits per heavy atom. The van der Waals surface area contributed by atoms with Crippen LogP contribution in [0, 0.1) is 6.92 Å². The molecule has 0 aromatic heterocycles. The summed E-state index contributed by atoms with van der Waals surface area (Å²) in [5.74, 6) is 0.454. The van der Waals surface area contributed by atoms with E-state index >= 15 is 0 Å². The lowest BCUT2D eigenvalue weighted by molar-refractivity contribution is -0.122. The highest BCUT2D eigenvalue weighted by Gasteiger charge is 2.21. The zero-order valence-corrected chi connectivity index (χ0v) is 12.8. The number of rotatable bonds is 4. The fraction of sp³-hybridized carbons (Fsp3) is 0.588. The monoisotopic (exact) mass is 274 g/mol. The number of aryl methyl sites for hydroxylation is 1. The van der Waals surface area contributed by atoms with Gasteiger partial charge in [-0.05, 0) is 50.3 Å². The lowest BCUT2D eigenvalue weighted by Gasteiger charge is -2.29. The van der Waals surface area contributed by atoms with Crippen molar-refractivity contribution >= 4 is 5.91 Å². The standard InChI is InChI=1S/C17H26N2O/c1-12-6-4-5-7-16(12)13(2)10-17(20)19-15-8-9-18-14(3)11-15/h4-7,13-15,18H,8-11H2,1-3H3,(H,19,20). The molecule has 0 radical (unpaired) electrons. The molecule has 2 rings (SSSR count). The van der Waals surface area contributed by atoms with Gasteiger partial charge in [0.25, 0.3) is 0 Å². The first-order valence-electron chi connectivity index (χ1n) is 7.64. The number of benzene rings is 1. The Hall–Kier alpha value is -1.35. The molecule has 0 aliphatic carbocycles. The minimum atomic E-state index is 0.180. The Bertz CT molecular complexity index is 458. The first kappa shape index (κ1) is 15.0. The number of carbonyl (C=O) groups excluding carboxylic acids is 1. The minimum Gasteiger partial charge on any atom is -0.353 e. The lowest BCUT2D eigenvalue weighted by atomic mass is 9.93. The molecule has 1 fully saturated rings. The second-order valence-electron chi connectivity index (χ2n) is 6.11. The molecular formula is C17H26N2O. The number of nitrogens with one attached hydrogen (secondary N) is 2. The van der Waals surface area contributed by atoms with Crippen LogP contribution < -0.4 is 10.6 Å². The van der Waals surface area contributed by atoms with E-state index in [9.17, 15) is 4.79 Å². The van der Waals surface area contributed by atoms with E-state index in [0.717, 1.165) is 19.4 Å². The molecule has 0 bridgehead atoms. The summed E-state index contributed by atoms with van der Waals surface area (Å²) in [5.41, 5.74) is 2.55. The molecule has 3 atom stereocenters. The van der Waals surface area contributed by atoms with E-state index in [1.165, 1.54) is 11.1 Å². The van der Waals surface area contributed by atoms with Crippen LogP contribution in [0.4, 0.5) is 0 Å². The summed E-state index contributed by atoms with van der Waals surface area (Å²) < 4.78 is 0. The molecule has 2 N–H and O–H groups in total. The SMILES string of the molecule is Cc1ccccc1C(C)CC(=O)NC1CCNC(C)C1. The second kappa shape index (κ2) is 6.89. The van der Waals surface area contributed by atoms with Crippen molar-refractivity contribution < 1.29 is 4.79 Å². The van der Waals surface area contributed by atoms with Crippen LogP contribution in [0.25, 0.3) is 0 Å². The maximum atomic E-state index is 12.2. The van der Waals surface area contributed by atoms with Gasteiger partial charge in [-0.1, -0.05) is 31.2 Å². The Kier molecular flexibility index (Phi) is 5.18. The van der Waals surface area contributed by atoms with Gasteiger partial charge < -0.3 is 10.6 Å². The van der Waals surface area contributed by atoms with Gasteiger partial charge in [-0.15, -0.1) is 0 Å². The molecule has 1 aliphatic heterocycles. The first-order chi connectivity index (χ1) is 9.56. The van der Waals surface area contributed by atoms with Crippen LogP contribution in [0.3, 0.4) is 0 Å². The molecule has 1 heterocycles. The zero-order chi connectivity index (χ0) is 14.5. The van der Waals surface area contributed by atoms with E-state index in [1.807, 2.05) is 12.1 Å². The molecule has 1 aromatic rings. The van der Waals surface area contributed by atoms with Gasteiger partial charge in [-0.2, -0.15) is 0 Å². The quantitative estimate of drug-likeness (QED) is 0.886. The van der Waals surface area contributed by atoms with Crippen molar-refractivity contribution in [2.45, 2.75) is 58.0 Å². The molecule has 3 heteroatoms. The van der Waals surface area contributed by atoms with Crippen molar-refractivity contribution in [3.8, 4) is 0 Å². The largest absolute Gasteiger partial charge is 0.353 e. The number of hydrogen-bond acceptors (Lipinski definition) is 2. The van der Waals surface area contributed by atoms with Gasteiger partial charge in [0.2, 0.25) is 5.91 Å². The summed E-state index contributed by atoms with van der Waals surface area (Å²) in [6, 6.07) is 9.16. The van der Waals surface area contributed by atoms with E-state index in [1.54, 1.807) is 0 Å². The number of amides is 1. The van der Waals surface area contributed by atoms with E-state index < -0.39 is 0 Å². The third kappa shape index (κ3) is 4.07. The highest BCUT2D eigenvalue weighted by atomic mass is 16.1. The van der Waals surface area contributed by atoms with E-state index in [2.05, 4.69) is 43.5 Å². The summed E-state index contributed by atoms with van der Waals surface area (Å²) in [4.78, 5) is 12.2. The predicted molar refractivity (Wildman–Crippen MR) is 82.8 cm³/mol. The Balaban J connectivity index is 1.86. The Labute approximate surface area is 122 Å². The van der Waals surface area contributed by atoms with Crippen molar-refractivity contribution in [3.05, 3.63) is 35.4 Å². The fourth-order valence-corrected chi connectivity index (χ4v) is 3.08. The Morgan fingerprint density at radius 3 is 2.90 bits per heavy atom. The van der Waals surface area contributed by atoms with E-state index in [0.29, 0.717) is 18.5 Å². The van der Waals surface area contributed by atoms with Crippen LogP contribution >= 0.6 is 0 Å². The van der Waals surface area contributed by atoms with Crippen LogP contribution in [-0.2, 0) is 4.79 Å². The fourth-order valence-electron chi connectivity index (χ4n) is 3.08. The molecule has 3 unspecified atom stereocenters. The van der Waals surface area contributed by atoms with Crippen LogP contribution in [0.1, 0.15) is 50.2 Å². The molecule has 20 heavy (non-hydrogen) atoms. The molecule has 1 aromatic carbocycles. The predicted octanol–water partition coefficient (Wildman–Crippen LogP) is 2.75. The average molecular weight is 274 g/mol. The van der Waals surface area contributed by atoms with Crippen molar-refractivity contribution in [2.24, 2.45) is 0 Å². The number of piperidine rings is 1. The van der Waals surface area contributed by atoms with Crippen LogP contribution in [0.2, 0.25) is 0 Å². The van der Waals surface area contributed by atoms with E-state index in [4.69, 9.17) is 0 Å². The van der Waals surface area contributed by atoms with Crippen molar-refractivity contribution in [1.29, 1.82) is 0 Å². The van der Waals surface area contributed by atoms with Gasteiger partial charge in [0.1, 0.15) is 0 Å². The molecule has 1 saturated heterocycles. The highest BCUT2D eigenvalue weighted by Crippen LogP contribution is 2.22. The first-order valence-corrected chi connectivity index (χ1v) is 7.64. The highest BCUT2D eigenvalue weighted by molar-refractivity contribution is 5.77. The normalized spacial score (nSPS) is 24.1. The summed E-state index contributed by atoms with van der Waals surface area (Å²) in [5, 5.41) is 6.60. The van der Waals surface area contributed by atoms with Crippen LogP contribution in [0.5, 0.6) is 0 Å². The summed E-state index contributed by atoms with van der Waals surface area (Å²) in [6.07, 6.45) is 2.64. The topological polar surface area (TPSA) is 41.1 Å². The lowest BCUT2D eigenvalue weighted by Crippen LogP contribution is -2.46. The van der Waals surface area contributed by atoms with Gasteiger partial charge in [0.05, 0.1) is 0 Å². The molecule has 0 spiro atoms. The van der Waals surface area contributed by atoms with Gasteiger partial charge in [0, 0.05) is 18.5 Å². The third-order valence-electron chi connectivity index (χ3n) is 4.20. The van der Waals surface area contributed by atoms with E-state index in [-0.39, 0.29) is 11.8 Å². The molecule has 1 aliphatic rings. The summed E-state index contributed by atoms with van der Waals surface area (Å²) in [7, 11) is 0. The number of carbonyl (C=O) groups is 1. The molecule has 0 saturated carbocycles. The maximum absolute atomic E-state index is 12.2. The third-order valence-corrected chi connectivity index (χ3v) is 4.20. The molecule has 3 nitrogen and oxygen atoms in total. The summed E-state index contributed by atoms with van der Waals surface area (Å²) >= 11 is 0. The maximum Gasteiger partial charge on any atom is 0.220 e. The Morgan fingerprint density at radius 1 is 1.45 bits per heavy atom. The molecule has 1 amide bonds. The van der Waals surface area contributed by atoms with Gasteiger partial charge >= 0.3 is 0 Å². The molecule has 110 valence electrons. The van der Waals surface area contributed by atoms with Gasteiger partial charge in [-0.3, -0.25) is 4.79 Å². The zero-order valence-electron chi connectivity index (χ0n) is 12.8. The number of hydrogen-bond donors (Lipinski definition) is 2. The van der Waals surface area contributed by atoms with Crippen molar-refractivity contribution in [3.63, 3.8) is 0 Å². The average Bonchev–Trinajstić information content (AvgIpc) is 2.38. The van der Waals surface area contributed by atoms with Gasteiger partial charge in [0.15, 0.2) is 0 Å². The van der Waals surface area contributed by atoms with Gasteiger partial charge in [-0.25, -0.2) is 0 Å². The smallest absolute Gasteiger partial charge is 0.220 e. The summed E-state index contributed by atoms with van der Waals surface area (Å²) in [6.45, 7) is 7.42. The van der Waals surface area contributed by atoms with Crippen molar-refractivity contribution in [1.82, 2.24) is 10.6 Å².